The van der Waals surface area contributed by atoms with E-state index in [2.05, 4.69) is 10.6 Å². The van der Waals surface area contributed by atoms with Gasteiger partial charge in [0, 0.05) is 29.1 Å². The number of carbonyl (C=O) groups excluding carboxylic acids is 2. The molecule has 2 saturated carbocycles. The summed E-state index contributed by atoms with van der Waals surface area (Å²) in [5.41, 5.74) is -5.89. The molecule has 206 valence electrons. The summed E-state index contributed by atoms with van der Waals surface area (Å²) in [4.78, 5) is 24.6. The summed E-state index contributed by atoms with van der Waals surface area (Å²) >= 11 is 0. The van der Waals surface area contributed by atoms with Gasteiger partial charge in [0.15, 0.2) is 0 Å². The number of nitrogens with one attached hydrogen (secondary N) is 2. The van der Waals surface area contributed by atoms with E-state index in [0.29, 0.717) is 16.7 Å². The van der Waals surface area contributed by atoms with Crippen LogP contribution < -0.4 is 10.6 Å². The van der Waals surface area contributed by atoms with Gasteiger partial charge in [-0.1, -0.05) is 24.3 Å². The molecule has 0 heterocycles. The molecule has 0 spiro atoms. The van der Waals surface area contributed by atoms with Crippen molar-refractivity contribution >= 4 is 11.8 Å². The van der Waals surface area contributed by atoms with E-state index in [1.54, 1.807) is 0 Å². The Bertz CT molecular complexity index is 1200. The van der Waals surface area contributed by atoms with E-state index in [0.717, 1.165) is 0 Å². The predicted molar refractivity (Wildman–Crippen MR) is 138 cm³/mol. The third kappa shape index (κ3) is 3.78. The quantitative estimate of drug-likeness (QED) is 0.231. The molecule has 0 aliphatic heterocycles. The highest BCUT2D eigenvalue weighted by molar-refractivity contribution is 5.95. The monoisotopic (exact) mass is 528 g/mol. The summed E-state index contributed by atoms with van der Waals surface area (Å²) in [6, 6.07) is 11.7. The van der Waals surface area contributed by atoms with Crippen molar-refractivity contribution in [3.05, 3.63) is 70.8 Å². The second kappa shape index (κ2) is 9.71. The van der Waals surface area contributed by atoms with Gasteiger partial charge in [0.05, 0.1) is 18.6 Å². The van der Waals surface area contributed by atoms with Crippen molar-refractivity contribution in [2.24, 2.45) is 0 Å². The fourth-order valence-electron chi connectivity index (χ4n) is 6.18. The van der Waals surface area contributed by atoms with Crippen LogP contribution in [-0.2, 0) is 0 Å². The lowest BCUT2D eigenvalue weighted by Crippen LogP contribution is -2.99. The van der Waals surface area contributed by atoms with E-state index >= 15 is 0 Å². The summed E-state index contributed by atoms with van der Waals surface area (Å²) in [5, 5.41) is 72.1. The normalized spacial score (nSPS) is 32.7. The largest absolute Gasteiger partial charge is 0.394 e. The molecule has 10 heteroatoms. The molecule has 2 amide bonds. The lowest BCUT2D eigenvalue weighted by Gasteiger charge is -2.80. The lowest BCUT2D eigenvalue weighted by atomic mass is 9.30. The molecule has 2 aliphatic carbocycles. The highest BCUT2D eigenvalue weighted by atomic mass is 16.5. The molecule has 7 atom stereocenters. The minimum atomic E-state index is -2.45. The van der Waals surface area contributed by atoms with Gasteiger partial charge in [-0.25, -0.2) is 0 Å². The number of hydrogen-bond acceptors (Lipinski definition) is 8. The average molecular weight is 529 g/mol. The van der Waals surface area contributed by atoms with E-state index in [1.165, 1.54) is 48.5 Å². The Morgan fingerprint density at radius 2 is 1.24 bits per heavy atom. The molecule has 2 fully saturated rings. The van der Waals surface area contributed by atoms with Crippen LogP contribution in [0, 0.1) is 0 Å². The Balaban J connectivity index is 1.69. The predicted octanol–water partition coefficient (Wildman–Crippen LogP) is -0.235. The van der Waals surface area contributed by atoms with E-state index in [-0.39, 0.29) is 29.5 Å². The van der Waals surface area contributed by atoms with Crippen LogP contribution in [-0.4, -0.2) is 90.2 Å². The van der Waals surface area contributed by atoms with Crippen LogP contribution in [0.5, 0.6) is 0 Å². The zero-order valence-corrected chi connectivity index (χ0v) is 21.8. The van der Waals surface area contributed by atoms with Gasteiger partial charge >= 0.3 is 0 Å². The number of amides is 2. The van der Waals surface area contributed by atoms with Crippen molar-refractivity contribution < 1.29 is 40.2 Å². The molecule has 2 aliphatic rings. The van der Waals surface area contributed by atoms with Crippen molar-refractivity contribution in [2.45, 2.75) is 80.6 Å². The molecule has 10 nitrogen and oxygen atoms in total. The van der Waals surface area contributed by atoms with Crippen LogP contribution in [0.4, 0.5) is 0 Å². The Kier molecular flexibility index (Phi) is 7.19. The molecule has 0 radical (unpaired) electrons. The number of benzene rings is 2. The maximum atomic E-state index is 12.3. The molecular formula is C28H36N2O8. The van der Waals surface area contributed by atoms with E-state index in [9.17, 15) is 40.2 Å². The molecule has 0 bridgehead atoms. The molecule has 3 unspecified atom stereocenters. The molecule has 2 aromatic carbocycles. The van der Waals surface area contributed by atoms with Crippen LogP contribution in [0.15, 0.2) is 48.5 Å². The number of hydrogen-bond donors (Lipinski definition) is 8. The molecular weight excluding hydrogens is 492 g/mol. The van der Waals surface area contributed by atoms with Gasteiger partial charge in [0.2, 0.25) is 0 Å². The summed E-state index contributed by atoms with van der Waals surface area (Å²) in [5.74, 6) is -3.24. The number of aliphatic hydroxyl groups is 6. The Hall–Kier alpha value is -2.86. The fourth-order valence-corrected chi connectivity index (χ4v) is 6.18. The Labute approximate surface area is 221 Å². The number of aliphatic hydroxyl groups excluding tert-OH is 3. The molecule has 38 heavy (non-hydrogen) atoms. The van der Waals surface area contributed by atoms with E-state index in [1.807, 2.05) is 27.7 Å². The average Bonchev–Trinajstić information content (AvgIpc) is 2.87. The highest BCUT2D eigenvalue weighted by Crippen LogP contribution is 2.75. The first-order chi connectivity index (χ1) is 17.7. The van der Waals surface area contributed by atoms with Gasteiger partial charge < -0.3 is 41.3 Å². The maximum absolute atomic E-state index is 12.3. The maximum Gasteiger partial charge on any atom is 0.251 e. The first kappa shape index (κ1) is 28.2. The molecule has 0 aromatic heterocycles. The van der Waals surface area contributed by atoms with Crippen LogP contribution >= 0.6 is 0 Å². The standard InChI is InChI=1S/C28H36N2O8/c1-14(2)29-24(34)18-9-5-16(6-10-18)21-23(33)27(37)22(26(36,20(32)13-31)28(21,27)38)17-7-11-19(12-8-17)25(35)30-15(3)4/h5-12,14-15,20-23,31-33,36-38H,13H2,1-4H3,(H,29,34)(H,30,35)/t20-,21?,22?,23?,26+,27+,28+/m1/s1. The van der Waals surface area contributed by atoms with Gasteiger partial charge in [-0.05, 0) is 63.1 Å². The molecule has 0 saturated heterocycles. The van der Waals surface area contributed by atoms with Crippen LogP contribution in [0.2, 0.25) is 0 Å². The van der Waals surface area contributed by atoms with Gasteiger partial charge in [-0.15, -0.1) is 0 Å². The van der Waals surface area contributed by atoms with Gasteiger partial charge in [-0.2, -0.15) is 0 Å². The van der Waals surface area contributed by atoms with Crippen LogP contribution in [0.3, 0.4) is 0 Å². The SMILES string of the molecule is CC(C)NC(=O)c1ccc(C2C(O)[C@@]3(O)C(c4ccc(C(=O)NC(C)C)cc4)[C@@](O)([C@H](O)CO)[C@@]23O)cc1. The molecule has 4 rings (SSSR count). The minimum Gasteiger partial charge on any atom is -0.394 e. The third-order valence-electron chi connectivity index (χ3n) is 7.88. The topological polar surface area (TPSA) is 180 Å². The summed E-state index contributed by atoms with van der Waals surface area (Å²) in [6.45, 7) is 6.35. The Morgan fingerprint density at radius 3 is 1.63 bits per heavy atom. The van der Waals surface area contributed by atoms with Crippen LogP contribution in [0.1, 0.15) is 71.4 Å². The van der Waals surface area contributed by atoms with E-state index in [4.69, 9.17) is 0 Å². The first-order valence-corrected chi connectivity index (χ1v) is 12.7. The summed E-state index contributed by atoms with van der Waals surface area (Å²) < 4.78 is 0. The fraction of sp³-hybridized carbons (Fsp3) is 0.500. The van der Waals surface area contributed by atoms with Gasteiger partial charge in [-0.3, -0.25) is 9.59 Å². The van der Waals surface area contributed by atoms with Crippen molar-refractivity contribution in [3.8, 4) is 0 Å². The second-order valence-corrected chi connectivity index (χ2v) is 11.0. The van der Waals surface area contributed by atoms with Crippen molar-refractivity contribution in [1.82, 2.24) is 10.6 Å². The summed E-state index contributed by atoms with van der Waals surface area (Å²) in [6.07, 6.45) is -3.42. The zero-order chi connectivity index (χ0) is 28.2. The molecule has 8 N–H and O–H groups in total. The number of rotatable bonds is 8. The minimum absolute atomic E-state index is 0.0770. The van der Waals surface area contributed by atoms with Gasteiger partial charge in [0.25, 0.3) is 11.8 Å². The Morgan fingerprint density at radius 1 is 0.816 bits per heavy atom. The second-order valence-electron chi connectivity index (χ2n) is 11.0. The van der Waals surface area contributed by atoms with Crippen molar-refractivity contribution in [1.29, 1.82) is 0 Å². The van der Waals surface area contributed by atoms with Gasteiger partial charge in [0.1, 0.15) is 22.9 Å². The number of fused-ring (bicyclic) bond motifs is 1. The first-order valence-electron chi connectivity index (χ1n) is 12.7. The smallest absolute Gasteiger partial charge is 0.251 e. The van der Waals surface area contributed by atoms with E-state index < -0.39 is 47.5 Å². The van der Waals surface area contributed by atoms with Crippen LogP contribution in [0.25, 0.3) is 0 Å². The zero-order valence-electron chi connectivity index (χ0n) is 21.8. The lowest BCUT2D eigenvalue weighted by molar-refractivity contribution is -0.459. The van der Waals surface area contributed by atoms with Crippen molar-refractivity contribution in [2.75, 3.05) is 6.61 Å². The highest BCUT2D eigenvalue weighted by Gasteiger charge is 2.93. The van der Waals surface area contributed by atoms with Crippen molar-refractivity contribution in [3.63, 3.8) is 0 Å². The number of carbonyl (C=O) groups is 2. The summed E-state index contributed by atoms with van der Waals surface area (Å²) in [7, 11) is 0. The molecule has 2 aromatic rings. The third-order valence-corrected chi connectivity index (χ3v) is 7.88.